The van der Waals surface area contributed by atoms with E-state index >= 15 is 0 Å². The first-order valence-electron chi connectivity index (χ1n) is 9.85. The molecule has 2 aromatic rings. The molecule has 1 amide bonds. The van der Waals surface area contributed by atoms with Crippen molar-refractivity contribution in [3.63, 3.8) is 0 Å². The maximum Gasteiger partial charge on any atom is 0.415 e. The fourth-order valence-corrected chi connectivity index (χ4v) is 4.86. The van der Waals surface area contributed by atoms with Gasteiger partial charge in [0.1, 0.15) is 5.60 Å². The van der Waals surface area contributed by atoms with E-state index < -0.39 is 11.6 Å². The topological polar surface area (TPSA) is 59.1 Å². The van der Waals surface area contributed by atoms with Crippen molar-refractivity contribution in [2.75, 3.05) is 31.6 Å². The average molecular weight is 528 g/mol. The van der Waals surface area contributed by atoms with E-state index in [1.54, 1.807) is 35.2 Å². The molecule has 4 rings (SSSR count). The molecular formula is C22H21BrCl2N2O4. The molecule has 0 atom stereocenters. The fraction of sp³-hybridized carbons (Fsp3) is 0.364. The van der Waals surface area contributed by atoms with Crippen molar-refractivity contribution in [3.8, 4) is 0 Å². The van der Waals surface area contributed by atoms with Gasteiger partial charge in [0.2, 0.25) is 0 Å². The molecule has 0 N–H and O–H groups in total. The molecule has 1 spiro atoms. The van der Waals surface area contributed by atoms with E-state index in [2.05, 4.69) is 20.8 Å². The van der Waals surface area contributed by atoms with Crippen LogP contribution in [0.3, 0.4) is 0 Å². The number of hydrogen-bond donors (Lipinski definition) is 0. The van der Waals surface area contributed by atoms with Gasteiger partial charge in [-0.3, -0.25) is 9.80 Å². The lowest BCUT2D eigenvalue weighted by atomic mass is 9.91. The van der Waals surface area contributed by atoms with Gasteiger partial charge in [0.05, 0.1) is 24.2 Å². The summed E-state index contributed by atoms with van der Waals surface area (Å²) < 4.78 is 11.4. The third-order valence-electron chi connectivity index (χ3n) is 5.82. The molecule has 0 unspecified atom stereocenters. The molecule has 2 aromatic carbocycles. The number of hydrogen-bond acceptors (Lipinski definition) is 5. The number of likely N-dealkylation sites (tertiary alicyclic amines) is 1. The summed E-state index contributed by atoms with van der Waals surface area (Å²) in [6.07, 6.45) is 1.12. The Bertz CT molecular complexity index is 1010. The summed E-state index contributed by atoms with van der Waals surface area (Å²) in [5.41, 5.74) is 1.65. The van der Waals surface area contributed by atoms with Crippen molar-refractivity contribution in [2.24, 2.45) is 0 Å². The van der Waals surface area contributed by atoms with Crippen LogP contribution in [0.2, 0.25) is 10.0 Å². The van der Waals surface area contributed by atoms with Crippen LogP contribution in [0, 0.1) is 0 Å². The van der Waals surface area contributed by atoms with Crippen molar-refractivity contribution in [1.82, 2.24) is 4.90 Å². The number of ether oxygens (including phenoxy) is 2. The summed E-state index contributed by atoms with van der Waals surface area (Å²) in [5.74, 6) is -0.410. The second-order valence-corrected chi connectivity index (χ2v) is 9.48. The number of amides is 1. The van der Waals surface area contributed by atoms with Crippen molar-refractivity contribution < 1.29 is 19.1 Å². The van der Waals surface area contributed by atoms with Crippen LogP contribution in [-0.4, -0.2) is 49.3 Å². The van der Waals surface area contributed by atoms with Gasteiger partial charge >= 0.3 is 12.1 Å². The lowest BCUT2D eigenvalue weighted by Gasteiger charge is -2.37. The van der Waals surface area contributed by atoms with Gasteiger partial charge in [-0.2, -0.15) is 0 Å². The molecule has 2 heterocycles. The van der Waals surface area contributed by atoms with E-state index in [1.165, 1.54) is 7.11 Å². The van der Waals surface area contributed by atoms with Crippen molar-refractivity contribution in [1.29, 1.82) is 0 Å². The zero-order valence-corrected chi connectivity index (χ0v) is 20.0. The monoisotopic (exact) mass is 526 g/mol. The number of methoxy groups -OCH3 is 1. The molecule has 0 saturated carbocycles. The zero-order valence-electron chi connectivity index (χ0n) is 16.9. The normalized spacial score (nSPS) is 18.3. The van der Waals surface area contributed by atoms with Gasteiger partial charge in [0, 0.05) is 47.7 Å². The quantitative estimate of drug-likeness (QED) is 0.386. The zero-order chi connectivity index (χ0) is 22.2. The molecule has 6 nitrogen and oxygen atoms in total. The standard InChI is InChI=1S/C22H21BrCl2N2O4/c1-30-20(28)14-2-4-16(5-3-14)27-13-22(31-21(27)29)6-8-26(9-7-22)12-15-10-17(23)19(25)11-18(15)24/h2-5,10-11H,6-9,12-13H2,1H3. The minimum absolute atomic E-state index is 0.357. The molecular weight excluding hydrogens is 507 g/mol. The molecule has 2 fully saturated rings. The summed E-state index contributed by atoms with van der Waals surface area (Å²) in [6.45, 7) is 2.78. The number of halogens is 3. The van der Waals surface area contributed by atoms with Crippen molar-refractivity contribution >= 4 is 56.9 Å². The van der Waals surface area contributed by atoms with Crippen LogP contribution in [0.25, 0.3) is 0 Å². The van der Waals surface area contributed by atoms with E-state index in [1.807, 2.05) is 6.07 Å². The number of carbonyl (C=O) groups is 2. The van der Waals surface area contributed by atoms with E-state index in [9.17, 15) is 9.59 Å². The molecule has 164 valence electrons. The minimum Gasteiger partial charge on any atom is -0.465 e. The molecule has 2 aliphatic rings. The van der Waals surface area contributed by atoms with Gasteiger partial charge in [-0.15, -0.1) is 0 Å². The summed E-state index contributed by atoms with van der Waals surface area (Å²) in [7, 11) is 1.34. The first kappa shape index (κ1) is 22.4. The Morgan fingerprint density at radius 3 is 2.48 bits per heavy atom. The van der Waals surface area contributed by atoms with Crippen LogP contribution < -0.4 is 4.90 Å². The van der Waals surface area contributed by atoms with Gasteiger partial charge in [-0.05, 0) is 57.9 Å². The minimum atomic E-state index is -0.501. The predicted octanol–water partition coefficient (Wildman–Crippen LogP) is 5.53. The Morgan fingerprint density at radius 2 is 1.84 bits per heavy atom. The van der Waals surface area contributed by atoms with Crippen LogP contribution in [0.15, 0.2) is 40.9 Å². The van der Waals surface area contributed by atoms with Crippen molar-refractivity contribution in [2.45, 2.75) is 25.0 Å². The second kappa shape index (κ2) is 8.98. The van der Waals surface area contributed by atoms with E-state index in [0.29, 0.717) is 34.4 Å². The summed E-state index contributed by atoms with van der Waals surface area (Å²) in [5, 5.41) is 1.23. The first-order chi connectivity index (χ1) is 14.8. The average Bonchev–Trinajstić information content (AvgIpc) is 3.09. The molecule has 2 aliphatic heterocycles. The van der Waals surface area contributed by atoms with Gasteiger partial charge in [-0.25, -0.2) is 9.59 Å². The lowest BCUT2D eigenvalue weighted by molar-refractivity contribution is -0.000972. The van der Waals surface area contributed by atoms with Gasteiger partial charge < -0.3 is 9.47 Å². The van der Waals surface area contributed by atoms with Crippen LogP contribution in [0.1, 0.15) is 28.8 Å². The number of piperidine rings is 1. The number of esters is 1. The van der Waals surface area contributed by atoms with Gasteiger partial charge in [0.15, 0.2) is 0 Å². The molecule has 9 heteroatoms. The maximum absolute atomic E-state index is 12.6. The van der Waals surface area contributed by atoms with E-state index in [-0.39, 0.29) is 6.09 Å². The highest BCUT2D eigenvalue weighted by molar-refractivity contribution is 9.10. The van der Waals surface area contributed by atoms with Crippen LogP contribution in [0.4, 0.5) is 10.5 Å². The van der Waals surface area contributed by atoms with Crippen LogP contribution in [0.5, 0.6) is 0 Å². The SMILES string of the molecule is COC(=O)c1ccc(N2CC3(CCN(Cc4cc(Br)c(Cl)cc4Cl)CC3)OC2=O)cc1. The van der Waals surface area contributed by atoms with Gasteiger partial charge in [-0.1, -0.05) is 23.2 Å². The number of carbonyl (C=O) groups excluding carboxylic acids is 2. The van der Waals surface area contributed by atoms with Crippen LogP contribution in [-0.2, 0) is 16.0 Å². The summed E-state index contributed by atoms with van der Waals surface area (Å²) >= 11 is 15.9. The molecule has 0 aliphatic carbocycles. The van der Waals surface area contributed by atoms with E-state index in [4.69, 9.17) is 32.7 Å². The highest BCUT2D eigenvalue weighted by Gasteiger charge is 2.47. The Hall–Kier alpha value is -1.80. The van der Waals surface area contributed by atoms with E-state index in [0.717, 1.165) is 36.0 Å². The largest absolute Gasteiger partial charge is 0.465 e. The maximum atomic E-state index is 12.6. The highest BCUT2D eigenvalue weighted by atomic mass is 79.9. The predicted molar refractivity (Wildman–Crippen MR) is 123 cm³/mol. The summed E-state index contributed by atoms with van der Waals surface area (Å²) in [4.78, 5) is 28.1. The second-order valence-electron chi connectivity index (χ2n) is 7.81. The Morgan fingerprint density at radius 1 is 1.16 bits per heavy atom. The molecule has 0 aromatic heterocycles. The Balaban J connectivity index is 1.39. The molecule has 31 heavy (non-hydrogen) atoms. The number of benzene rings is 2. The Labute approximate surface area is 199 Å². The van der Waals surface area contributed by atoms with Gasteiger partial charge in [0.25, 0.3) is 0 Å². The number of nitrogens with zero attached hydrogens (tertiary/aromatic N) is 2. The number of rotatable bonds is 4. The van der Waals surface area contributed by atoms with Crippen molar-refractivity contribution in [3.05, 3.63) is 62.0 Å². The molecule has 0 radical (unpaired) electrons. The Kier molecular flexibility index (Phi) is 6.49. The lowest BCUT2D eigenvalue weighted by Crippen LogP contribution is -2.46. The first-order valence-corrected chi connectivity index (χ1v) is 11.4. The smallest absolute Gasteiger partial charge is 0.415 e. The molecule has 2 saturated heterocycles. The third kappa shape index (κ3) is 4.70. The summed E-state index contributed by atoms with van der Waals surface area (Å²) in [6, 6.07) is 10.5. The molecule has 0 bridgehead atoms. The number of anilines is 1. The fourth-order valence-electron chi connectivity index (χ4n) is 4.02. The highest BCUT2D eigenvalue weighted by Crippen LogP contribution is 2.37. The van der Waals surface area contributed by atoms with Crippen LogP contribution >= 0.6 is 39.1 Å². The third-order valence-corrected chi connectivity index (χ3v) is 7.37.